The van der Waals surface area contributed by atoms with Gasteiger partial charge in [0.05, 0.1) is 25.3 Å². The molecule has 0 radical (unpaired) electrons. The molecule has 3 aromatic rings. The third kappa shape index (κ3) is 4.57. The van der Waals surface area contributed by atoms with Gasteiger partial charge < -0.3 is 24.2 Å². The molecule has 0 saturated carbocycles. The van der Waals surface area contributed by atoms with Gasteiger partial charge in [-0.25, -0.2) is 9.78 Å². The molecular weight excluding hydrogens is 438 g/mol. The van der Waals surface area contributed by atoms with Crippen LogP contribution in [-0.4, -0.2) is 64.7 Å². The number of nitrogens with one attached hydrogen (secondary N) is 1. The van der Waals surface area contributed by atoms with Crippen molar-refractivity contribution in [3.8, 4) is 17.2 Å². The molecule has 0 bridgehead atoms. The van der Waals surface area contributed by atoms with Crippen LogP contribution in [0, 0.1) is 6.92 Å². The molecule has 1 N–H and O–H groups in total. The molecule has 1 aliphatic rings. The van der Waals surface area contributed by atoms with E-state index in [-0.39, 0.29) is 23.6 Å². The Labute approximate surface area is 197 Å². The van der Waals surface area contributed by atoms with E-state index >= 15 is 0 Å². The minimum absolute atomic E-state index is 0.0290. The van der Waals surface area contributed by atoms with E-state index in [1.54, 1.807) is 31.3 Å². The fraction of sp³-hybridized carbons (Fsp3) is 0.375. The number of pyridine rings is 1. The van der Waals surface area contributed by atoms with Gasteiger partial charge in [-0.05, 0) is 44.9 Å². The summed E-state index contributed by atoms with van der Waals surface area (Å²) in [6.45, 7) is 4.18. The number of benzene rings is 1. The maximum atomic E-state index is 13.6. The van der Waals surface area contributed by atoms with Gasteiger partial charge in [0.1, 0.15) is 17.1 Å². The van der Waals surface area contributed by atoms with Crippen molar-refractivity contribution in [1.29, 1.82) is 0 Å². The fourth-order valence-electron chi connectivity index (χ4n) is 4.14. The zero-order valence-corrected chi connectivity index (χ0v) is 19.6. The number of nitrogens with zero attached hydrogens (tertiary/aromatic N) is 4. The van der Waals surface area contributed by atoms with E-state index in [2.05, 4.69) is 20.4 Å². The first-order chi connectivity index (χ1) is 16.4. The van der Waals surface area contributed by atoms with Gasteiger partial charge in [0, 0.05) is 24.8 Å². The molecule has 1 aromatic carbocycles. The summed E-state index contributed by atoms with van der Waals surface area (Å²) in [6.07, 6.45) is 3.14. The third-order valence-corrected chi connectivity index (χ3v) is 5.92. The van der Waals surface area contributed by atoms with Crippen LogP contribution < -0.4 is 10.1 Å². The smallest absolute Gasteiger partial charge is 0.345 e. The Kier molecular flexibility index (Phi) is 6.76. The first kappa shape index (κ1) is 23.2. The second-order valence-electron chi connectivity index (χ2n) is 8.15. The topological polar surface area (TPSA) is 120 Å². The molecule has 0 unspecified atom stereocenters. The van der Waals surface area contributed by atoms with Gasteiger partial charge in [-0.15, -0.1) is 0 Å². The lowest BCUT2D eigenvalue weighted by molar-refractivity contribution is 0.0591. The number of hydrogen-bond donors (Lipinski definition) is 1. The van der Waals surface area contributed by atoms with Crippen molar-refractivity contribution in [2.75, 3.05) is 26.1 Å². The summed E-state index contributed by atoms with van der Waals surface area (Å²) < 4.78 is 15.6. The molecule has 3 heterocycles. The van der Waals surface area contributed by atoms with Crippen molar-refractivity contribution < 1.29 is 23.6 Å². The van der Waals surface area contributed by atoms with E-state index < -0.39 is 5.97 Å². The third-order valence-electron chi connectivity index (χ3n) is 5.92. The average molecular weight is 466 g/mol. The zero-order valence-electron chi connectivity index (χ0n) is 19.6. The van der Waals surface area contributed by atoms with Gasteiger partial charge in [-0.3, -0.25) is 4.79 Å². The van der Waals surface area contributed by atoms with Crippen LogP contribution in [0.2, 0.25) is 0 Å². The maximum Gasteiger partial charge on any atom is 0.345 e. The predicted molar refractivity (Wildman–Crippen MR) is 124 cm³/mol. The number of aromatic nitrogens is 3. The van der Waals surface area contributed by atoms with Gasteiger partial charge in [0.2, 0.25) is 0 Å². The standard InChI is InChI=1S/C24H27N5O5/c1-14-9-10-16(27-21-20(24(31)33-4)19(32-3)11-12-25-21)13-29(14)23(30)18-8-6-5-7-17(18)22-26-15(2)28-34-22/h5-8,11-12,14,16H,9-10,13H2,1-4H3,(H,25,27)/t14-,16-/m1/s1. The number of carbonyl (C=O) groups is 2. The van der Waals surface area contributed by atoms with E-state index in [9.17, 15) is 9.59 Å². The molecule has 1 saturated heterocycles. The van der Waals surface area contributed by atoms with Crippen LogP contribution in [0.1, 0.15) is 46.3 Å². The molecule has 2 aromatic heterocycles. The number of hydrogen-bond acceptors (Lipinski definition) is 9. The molecule has 2 atom stereocenters. The van der Waals surface area contributed by atoms with Crippen molar-refractivity contribution in [3.05, 3.63) is 53.5 Å². The summed E-state index contributed by atoms with van der Waals surface area (Å²) in [5.74, 6) is 0.861. The number of aryl methyl sites for hydroxylation is 1. The Balaban J connectivity index is 1.59. The predicted octanol–water partition coefficient (Wildman–Crippen LogP) is 3.34. The van der Waals surface area contributed by atoms with Crippen molar-refractivity contribution >= 4 is 17.7 Å². The molecule has 0 aliphatic carbocycles. The van der Waals surface area contributed by atoms with Gasteiger partial charge in [-0.1, -0.05) is 17.3 Å². The molecule has 34 heavy (non-hydrogen) atoms. The minimum Gasteiger partial charge on any atom is -0.496 e. The molecule has 10 nitrogen and oxygen atoms in total. The summed E-state index contributed by atoms with van der Waals surface area (Å²) in [5.41, 5.74) is 1.31. The largest absolute Gasteiger partial charge is 0.496 e. The van der Waals surface area contributed by atoms with Crippen molar-refractivity contribution in [2.45, 2.75) is 38.8 Å². The SMILES string of the molecule is COC(=O)c1c(OC)ccnc1N[C@@H]1CC[C@@H](C)N(C(=O)c2ccccc2-c2nc(C)no2)C1. The van der Waals surface area contributed by atoms with Gasteiger partial charge in [0.15, 0.2) is 5.82 Å². The van der Waals surface area contributed by atoms with E-state index in [4.69, 9.17) is 14.0 Å². The number of carbonyl (C=O) groups excluding carboxylic acids is 2. The lowest BCUT2D eigenvalue weighted by Crippen LogP contribution is -2.50. The van der Waals surface area contributed by atoms with E-state index in [0.717, 1.165) is 12.8 Å². The normalized spacial score (nSPS) is 17.8. The first-order valence-corrected chi connectivity index (χ1v) is 11.0. The van der Waals surface area contributed by atoms with Crippen LogP contribution in [0.5, 0.6) is 5.75 Å². The van der Waals surface area contributed by atoms with Crippen molar-refractivity contribution in [3.63, 3.8) is 0 Å². The second-order valence-corrected chi connectivity index (χ2v) is 8.15. The zero-order chi connectivity index (χ0) is 24.2. The number of ether oxygens (including phenoxy) is 2. The van der Waals surface area contributed by atoms with Crippen molar-refractivity contribution in [1.82, 2.24) is 20.0 Å². The summed E-state index contributed by atoms with van der Waals surface area (Å²) in [6, 6.07) is 8.72. The van der Waals surface area contributed by atoms with Crippen molar-refractivity contribution in [2.24, 2.45) is 0 Å². The number of methoxy groups -OCH3 is 2. The van der Waals surface area contributed by atoms with Gasteiger partial charge >= 0.3 is 5.97 Å². The lowest BCUT2D eigenvalue weighted by atomic mass is 9.96. The quantitative estimate of drug-likeness (QED) is 0.547. The molecule has 1 fully saturated rings. The summed E-state index contributed by atoms with van der Waals surface area (Å²) in [7, 11) is 2.79. The van der Waals surface area contributed by atoms with Crippen LogP contribution in [0.15, 0.2) is 41.1 Å². The van der Waals surface area contributed by atoms with E-state index in [0.29, 0.717) is 41.0 Å². The highest BCUT2D eigenvalue weighted by Gasteiger charge is 2.32. The van der Waals surface area contributed by atoms with Crippen LogP contribution in [-0.2, 0) is 4.74 Å². The first-order valence-electron chi connectivity index (χ1n) is 11.0. The van der Waals surface area contributed by atoms with Crippen LogP contribution in [0.25, 0.3) is 11.5 Å². The van der Waals surface area contributed by atoms with Gasteiger partial charge in [0.25, 0.3) is 11.8 Å². The highest BCUT2D eigenvalue weighted by Crippen LogP contribution is 2.30. The minimum atomic E-state index is -0.548. The molecule has 1 aliphatic heterocycles. The summed E-state index contributed by atoms with van der Waals surface area (Å²) >= 11 is 0. The van der Waals surface area contributed by atoms with E-state index in [1.807, 2.05) is 24.0 Å². The van der Waals surface area contributed by atoms with Gasteiger partial charge in [-0.2, -0.15) is 4.98 Å². The summed E-state index contributed by atoms with van der Waals surface area (Å²) in [5, 5.41) is 7.17. The number of likely N-dealkylation sites (tertiary alicyclic amines) is 1. The monoisotopic (exact) mass is 465 g/mol. The number of amides is 1. The van der Waals surface area contributed by atoms with Crippen LogP contribution in [0.4, 0.5) is 5.82 Å². The molecule has 4 rings (SSSR count). The molecule has 0 spiro atoms. The Morgan fingerprint density at radius 3 is 2.68 bits per heavy atom. The number of piperidine rings is 1. The highest BCUT2D eigenvalue weighted by molar-refractivity contribution is 6.00. The molecule has 178 valence electrons. The average Bonchev–Trinajstić information content (AvgIpc) is 3.30. The van der Waals surface area contributed by atoms with Crippen LogP contribution in [0.3, 0.4) is 0 Å². The Bertz CT molecular complexity index is 1190. The Hall–Kier alpha value is -3.95. The van der Waals surface area contributed by atoms with E-state index in [1.165, 1.54) is 14.2 Å². The van der Waals surface area contributed by atoms with Crippen LogP contribution >= 0.6 is 0 Å². The number of anilines is 1. The molecule has 1 amide bonds. The second kappa shape index (κ2) is 9.90. The Morgan fingerprint density at radius 1 is 1.18 bits per heavy atom. The maximum absolute atomic E-state index is 13.6. The lowest BCUT2D eigenvalue weighted by Gasteiger charge is -2.39. The Morgan fingerprint density at radius 2 is 1.97 bits per heavy atom. The summed E-state index contributed by atoms with van der Waals surface area (Å²) in [4.78, 5) is 36.4. The molecular formula is C24H27N5O5. The number of rotatable bonds is 6. The number of esters is 1. The highest BCUT2D eigenvalue weighted by atomic mass is 16.5. The molecule has 10 heteroatoms. The fourth-order valence-corrected chi connectivity index (χ4v) is 4.14.